The lowest BCUT2D eigenvalue weighted by molar-refractivity contribution is -0.384. The van der Waals surface area contributed by atoms with Crippen molar-refractivity contribution in [2.24, 2.45) is 0 Å². The molecule has 2 amide bonds. The largest absolute Gasteiger partial charge is 0.347 e. The number of non-ortho nitro benzene ring substituents is 1. The third-order valence-electron chi connectivity index (χ3n) is 2.45. The number of rotatable bonds is 5. The van der Waals surface area contributed by atoms with Gasteiger partial charge in [0.15, 0.2) is 0 Å². The van der Waals surface area contributed by atoms with Gasteiger partial charge in [-0.15, -0.1) is 0 Å². The van der Waals surface area contributed by atoms with Crippen LogP contribution in [-0.2, 0) is 16.0 Å². The van der Waals surface area contributed by atoms with Crippen molar-refractivity contribution in [2.45, 2.75) is 6.42 Å². The minimum atomic E-state index is -0.500. The number of nitrogens with zero attached hydrogens (tertiary/aromatic N) is 2. The van der Waals surface area contributed by atoms with Gasteiger partial charge < -0.3 is 10.2 Å². The normalized spacial score (nSPS) is 9.79. The maximum absolute atomic E-state index is 11.5. The molecular weight excluding hydrogens is 250 g/mol. The zero-order valence-corrected chi connectivity index (χ0v) is 10.8. The van der Waals surface area contributed by atoms with Crippen molar-refractivity contribution in [1.82, 2.24) is 10.2 Å². The zero-order chi connectivity index (χ0) is 14.4. The van der Waals surface area contributed by atoms with Gasteiger partial charge in [-0.2, -0.15) is 0 Å². The third kappa shape index (κ3) is 4.74. The molecule has 0 fully saturated rings. The van der Waals surface area contributed by atoms with Crippen LogP contribution in [0.5, 0.6) is 0 Å². The average Bonchev–Trinajstić information content (AvgIpc) is 2.36. The molecule has 0 spiro atoms. The van der Waals surface area contributed by atoms with E-state index in [2.05, 4.69) is 5.32 Å². The van der Waals surface area contributed by atoms with E-state index in [-0.39, 0.29) is 30.5 Å². The molecule has 19 heavy (non-hydrogen) atoms. The van der Waals surface area contributed by atoms with E-state index in [4.69, 9.17) is 0 Å². The predicted octanol–water partition coefficient (Wildman–Crippen LogP) is 0.342. The van der Waals surface area contributed by atoms with Gasteiger partial charge in [-0.05, 0) is 5.56 Å². The van der Waals surface area contributed by atoms with E-state index in [1.54, 1.807) is 14.1 Å². The topological polar surface area (TPSA) is 92.6 Å². The van der Waals surface area contributed by atoms with E-state index < -0.39 is 4.92 Å². The number of nitrogens with one attached hydrogen (secondary N) is 1. The van der Waals surface area contributed by atoms with Gasteiger partial charge in [-0.25, -0.2) is 0 Å². The predicted molar refractivity (Wildman–Crippen MR) is 68.5 cm³/mol. The lowest BCUT2D eigenvalue weighted by atomic mass is 10.1. The smallest absolute Gasteiger partial charge is 0.269 e. The quantitative estimate of drug-likeness (QED) is 0.613. The average molecular weight is 265 g/mol. The second-order valence-electron chi connectivity index (χ2n) is 4.17. The van der Waals surface area contributed by atoms with Gasteiger partial charge in [0, 0.05) is 26.2 Å². The Labute approximate surface area is 110 Å². The first-order chi connectivity index (χ1) is 8.90. The van der Waals surface area contributed by atoms with Crippen molar-refractivity contribution in [1.29, 1.82) is 0 Å². The second-order valence-corrected chi connectivity index (χ2v) is 4.17. The van der Waals surface area contributed by atoms with Gasteiger partial charge in [-0.3, -0.25) is 19.7 Å². The summed E-state index contributed by atoms with van der Waals surface area (Å²) in [5.41, 5.74) is 0.632. The van der Waals surface area contributed by atoms with Gasteiger partial charge >= 0.3 is 0 Å². The summed E-state index contributed by atoms with van der Waals surface area (Å²) in [7, 11) is 3.20. The number of nitro groups is 1. The Morgan fingerprint density at radius 2 is 1.84 bits per heavy atom. The monoisotopic (exact) mass is 265 g/mol. The molecule has 1 N–H and O–H groups in total. The lowest BCUT2D eigenvalue weighted by Crippen LogP contribution is -2.36. The summed E-state index contributed by atoms with van der Waals surface area (Å²) in [6, 6.07) is 5.72. The number of hydrogen-bond acceptors (Lipinski definition) is 4. The van der Waals surface area contributed by atoms with Crippen LogP contribution >= 0.6 is 0 Å². The number of hydrogen-bond donors (Lipinski definition) is 1. The molecule has 0 radical (unpaired) electrons. The van der Waals surface area contributed by atoms with E-state index >= 15 is 0 Å². The summed E-state index contributed by atoms with van der Waals surface area (Å²) in [6.07, 6.45) is 0.0820. The molecule has 0 unspecified atom stereocenters. The highest BCUT2D eigenvalue weighted by molar-refractivity contribution is 5.85. The Kier molecular flexibility index (Phi) is 4.99. The molecule has 0 atom stereocenters. The van der Waals surface area contributed by atoms with Crippen LogP contribution in [-0.4, -0.2) is 42.3 Å². The van der Waals surface area contributed by atoms with Crippen LogP contribution in [0, 0.1) is 10.1 Å². The van der Waals surface area contributed by atoms with Crippen molar-refractivity contribution >= 4 is 17.5 Å². The molecule has 1 aromatic carbocycles. The van der Waals surface area contributed by atoms with Gasteiger partial charge in [-0.1, -0.05) is 12.1 Å². The van der Waals surface area contributed by atoms with E-state index in [1.165, 1.54) is 29.2 Å². The Hall–Kier alpha value is -2.44. The van der Waals surface area contributed by atoms with Crippen LogP contribution in [0.4, 0.5) is 5.69 Å². The molecule has 1 rings (SSSR count). The second kappa shape index (κ2) is 6.48. The summed E-state index contributed by atoms with van der Waals surface area (Å²) in [5.74, 6) is -0.499. The number of likely N-dealkylation sites (N-methyl/N-ethyl adjacent to an activating group) is 1. The first-order valence-electron chi connectivity index (χ1n) is 5.60. The molecule has 0 aliphatic rings. The van der Waals surface area contributed by atoms with E-state index in [0.717, 1.165) is 0 Å². The molecule has 7 nitrogen and oxygen atoms in total. The van der Waals surface area contributed by atoms with Crippen molar-refractivity contribution in [2.75, 3.05) is 20.6 Å². The standard InChI is InChI=1S/C12H15N3O4/c1-14(2)12(17)8-13-11(16)7-9-3-5-10(6-4-9)15(18)19/h3-6H,7-8H2,1-2H3,(H,13,16). The molecule has 0 bridgehead atoms. The molecule has 0 heterocycles. The van der Waals surface area contributed by atoms with Crippen LogP contribution in [0.3, 0.4) is 0 Å². The Balaban J connectivity index is 2.48. The Morgan fingerprint density at radius 3 is 2.32 bits per heavy atom. The molecule has 1 aromatic rings. The molecule has 0 saturated heterocycles. The van der Waals surface area contributed by atoms with Crippen LogP contribution in [0.25, 0.3) is 0 Å². The highest BCUT2D eigenvalue weighted by Crippen LogP contribution is 2.12. The summed E-state index contributed by atoms with van der Waals surface area (Å²) in [5, 5.41) is 12.9. The fourth-order valence-electron chi connectivity index (χ4n) is 1.32. The fraction of sp³-hybridized carbons (Fsp3) is 0.333. The van der Waals surface area contributed by atoms with Crippen LogP contribution in [0.15, 0.2) is 24.3 Å². The van der Waals surface area contributed by atoms with Crippen LogP contribution in [0.1, 0.15) is 5.56 Å². The highest BCUT2D eigenvalue weighted by Gasteiger charge is 2.09. The maximum atomic E-state index is 11.5. The van der Waals surface area contributed by atoms with Gasteiger partial charge in [0.2, 0.25) is 11.8 Å². The van der Waals surface area contributed by atoms with E-state index in [9.17, 15) is 19.7 Å². The third-order valence-corrected chi connectivity index (χ3v) is 2.45. The Bertz CT molecular complexity index is 482. The van der Waals surface area contributed by atoms with E-state index in [1.807, 2.05) is 0 Å². The SMILES string of the molecule is CN(C)C(=O)CNC(=O)Cc1ccc([N+](=O)[O-])cc1. The summed E-state index contributed by atoms with van der Waals surface area (Å²) < 4.78 is 0. The number of nitro benzene ring substituents is 1. The van der Waals surface area contributed by atoms with Gasteiger partial charge in [0.05, 0.1) is 17.9 Å². The summed E-state index contributed by atoms with van der Waals surface area (Å²) >= 11 is 0. The number of amides is 2. The zero-order valence-electron chi connectivity index (χ0n) is 10.8. The Morgan fingerprint density at radius 1 is 1.26 bits per heavy atom. The van der Waals surface area contributed by atoms with E-state index in [0.29, 0.717) is 5.56 Å². The molecule has 7 heteroatoms. The van der Waals surface area contributed by atoms with Crippen molar-refractivity contribution in [3.8, 4) is 0 Å². The first-order valence-corrected chi connectivity index (χ1v) is 5.60. The van der Waals surface area contributed by atoms with Gasteiger partial charge in [0.25, 0.3) is 5.69 Å². The fourth-order valence-corrected chi connectivity index (χ4v) is 1.32. The summed E-state index contributed by atoms with van der Waals surface area (Å²) in [6.45, 7) is -0.0567. The summed E-state index contributed by atoms with van der Waals surface area (Å²) in [4.78, 5) is 34.1. The van der Waals surface area contributed by atoms with Crippen molar-refractivity contribution in [3.05, 3.63) is 39.9 Å². The maximum Gasteiger partial charge on any atom is 0.269 e. The number of carbonyl (C=O) groups is 2. The molecular formula is C12H15N3O4. The first kappa shape index (κ1) is 14.6. The molecule has 102 valence electrons. The number of benzene rings is 1. The number of carbonyl (C=O) groups excluding carboxylic acids is 2. The van der Waals surface area contributed by atoms with Crippen LogP contribution in [0.2, 0.25) is 0 Å². The van der Waals surface area contributed by atoms with Gasteiger partial charge in [0.1, 0.15) is 0 Å². The van der Waals surface area contributed by atoms with Crippen molar-refractivity contribution in [3.63, 3.8) is 0 Å². The van der Waals surface area contributed by atoms with Crippen LogP contribution < -0.4 is 5.32 Å². The minimum Gasteiger partial charge on any atom is -0.347 e. The minimum absolute atomic E-state index is 0.0213. The molecule has 0 aliphatic heterocycles. The molecule has 0 aromatic heterocycles. The molecule has 0 aliphatic carbocycles. The highest BCUT2D eigenvalue weighted by atomic mass is 16.6. The van der Waals surface area contributed by atoms with Crippen molar-refractivity contribution < 1.29 is 14.5 Å². The molecule has 0 saturated carbocycles. The lowest BCUT2D eigenvalue weighted by Gasteiger charge is -2.10.